The summed E-state index contributed by atoms with van der Waals surface area (Å²) in [6.45, 7) is 0.259. The van der Waals surface area contributed by atoms with Crippen LogP contribution in [0.1, 0.15) is 15.2 Å². The lowest BCUT2D eigenvalue weighted by Gasteiger charge is -2.10. The van der Waals surface area contributed by atoms with Crippen molar-refractivity contribution in [1.82, 2.24) is 0 Å². The molecular weight excluding hydrogens is 400 g/mol. The normalized spacial score (nSPS) is 10.7. The van der Waals surface area contributed by atoms with E-state index in [1.807, 2.05) is 42.5 Å². The molecule has 5 nitrogen and oxygen atoms in total. The summed E-state index contributed by atoms with van der Waals surface area (Å²) >= 11 is 1.16. The lowest BCUT2D eigenvalue weighted by atomic mass is 10.0. The molecule has 0 bridgehead atoms. The summed E-state index contributed by atoms with van der Waals surface area (Å²) in [4.78, 5) is 11.9. The average molecular weight is 420 g/mol. The summed E-state index contributed by atoms with van der Waals surface area (Å²) in [5.41, 5.74) is 3.21. The molecule has 1 heterocycles. The van der Waals surface area contributed by atoms with Gasteiger partial charge in [0.2, 0.25) is 0 Å². The number of hydrogen-bond acceptors (Lipinski definition) is 5. The molecule has 0 saturated heterocycles. The van der Waals surface area contributed by atoms with E-state index in [4.69, 9.17) is 14.2 Å². The van der Waals surface area contributed by atoms with Gasteiger partial charge in [-0.05, 0) is 22.8 Å². The number of carboxylic acid groups (broad SMARTS) is 1. The highest BCUT2D eigenvalue weighted by Gasteiger charge is 2.21. The van der Waals surface area contributed by atoms with Gasteiger partial charge in [0.25, 0.3) is 0 Å². The quantitative estimate of drug-likeness (QED) is 0.405. The number of methoxy groups -OCH3 is 2. The van der Waals surface area contributed by atoms with E-state index in [1.54, 1.807) is 26.4 Å². The first-order valence-electron chi connectivity index (χ1n) is 9.29. The first-order chi connectivity index (χ1) is 14.6. The molecule has 152 valence electrons. The summed E-state index contributed by atoms with van der Waals surface area (Å²) in [6.07, 6.45) is 0. The lowest BCUT2D eigenvalue weighted by molar-refractivity contribution is 0.0698. The van der Waals surface area contributed by atoms with Crippen molar-refractivity contribution in [1.29, 1.82) is 0 Å². The molecule has 3 aromatic carbocycles. The molecule has 0 amide bonds. The number of rotatable bonds is 7. The van der Waals surface area contributed by atoms with Gasteiger partial charge in [-0.2, -0.15) is 0 Å². The number of carboxylic acids is 1. The van der Waals surface area contributed by atoms with Crippen LogP contribution in [0.25, 0.3) is 21.2 Å². The molecule has 6 heteroatoms. The molecule has 0 aliphatic rings. The molecule has 0 fully saturated rings. The van der Waals surface area contributed by atoms with Crippen molar-refractivity contribution >= 4 is 27.4 Å². The zero-order valence-electron chi connectivity index (χ0n) is 16.5. The Morgan fingerprint density at radius 1 is 0.900 bits per heavy atom. The summed E-state index contributed by atoms with van der Waals surface area (Å²) in [7, 11) is 3.09. The van der Waals surface area contributed by atoms with E-state index in [2.05, 4.69) is 12.1 Å². The fraction of sp³-hybridized carbons (Fsp3) is 0.125. The third kappa shape index (κ3) is 3.82. The van der Waals surface area contributed by atoms with Gasteiger partial charge in [-0.25, -0.2) is 4.79 Å². The van der Waals surface area contributed by atoms with Gasteiger partial charge in [0.15, 0.2) is 22.1 Å². The van der Waals surface area contributed by atoms with Gasteiger partial charge in [-0.1, -0.05) is 54.6 Å². The lowest BCUT2D eigenvalue weighted by Crippen LogP contribution is -2.00. The van der Waals surface area contributed by atoms with Crippen molar-refractivity contribution in [3.05, 3.63) is 77.2 Å². The summed E-state index contributed by atoms with van der Waals surface area (Å²) in [5, 5.41) is 10.3. The Kier molecular flexibility index (Phi) is 5.59. The summed E-state index contributed by atoms with van der Waals surface area (Å²) in [5.74, 6) is 0.391. The molecule has 30 heavy (non-hydrogen) atoms. The van der Waals surface area contributed by atoms with Crippen LogP contribution < -0.4 is 14.2 Å². The van der Waals surface area contributed by atoms with E-state index in [9.17, 15) is 9.90 Å². The van der Waals surface area contributed by atoms with Crippen molar-refractivity contribution in [2.24, 2.45) is 0 Å². The van der Waals surface area contributed by atoms with Crippen molar-refractivity contribution in [2.45, 2.75) is 6.61 Å². The molecule has 0 spiro atoms. The number of thiophene rings is 1. The first kappa shape index (κ1) is 19.8. The molecule has 1 aromatic heterocycles. The molecule has 4 rings (SSSR count). The Balaban J connectivity index is 1.63. The van der Waals surface area contributed by atoms with Crippen LogP contribution in [0, 0.1) is 0 Å². The Bertz CT molecular complexity index is 1180. The minimum Gasteiger partial charge on any atom is -0.493 e. The highest BCUT2D eigenvalue weighted by atomic mass is 32.1. The number of carbonyl (C=O) groups is 1. The van der Waals surface area contributed by atoms with Crippen LogP contribution >= 0.6 is 11.3 Å². The number of fused-ring (bicyclic) bond motifs is 1. The number of hydrogen-bond donors (Lipinski definition) is 1. The van der Waals surface area contributed by atoms with Gasteiger partial charge in [0.1, 0.15) is 6.61 Å². The minimum atomic E-state index is -1.02. The molecule has 0 unspecified atom stereocenters. The molecule has 0 aliphatic heterocycles. The van der Waals surface area contributed by atoms with E-state index in [0.717, 1.165) is 32.7 Å². The Morgan fingerprint density at radius 2 is 1.53 bits per heavy atom. The minimum absolute atomic E-state index is 0.154. The van der Waals surface area contributed by atoms with Crippen molar-refractivity contribution in [2.75, 3.05) is 14.2 Å². The highest BCUT2D eigenvalue weighted by molar-refractivity contribution is 7.21. The van der Waals surface area contributed by atoms with Crippen molar-refractivity contribution in [3.8, 4) is 28.4 Å². The van der Waals surface area contributed by atoms with Gasteiger partial charge in [-0.3, -0.25) is 0 Å². The van der Waals surface area contributed by atoms with E-state index in [-0.39, 0.29) is 11.5 Å². The predicted octanol–water partition coefficient (Wildman–Crippen LogP) is 5.86. The molecule has 0 atom stereocenters. The molecule has 4 aromatic rings. The average Bonchev–Trinajstić information content (AvgIpc) is 3.15. The van der Waals surface area contributed by atoms with Gasteiger partial charge in [0.05, 0.1) is 14.2 Å². The summed E-state index contributed by atoms with van der Waals surface area (Å²) in [6, 6.07) is 21.7. The number of benzene rings is 3. The van der Waals surface area contributed by atoms with Crippen LogP contribution in [0.4, 0.5) is 0 Å². The maximum Gasteiger partial charge on any atom is 0.349 e. The topological polar surface area (TPSA) is 65.0 Å². The highest BCUT2D eigenvalue weighted by Crippen LogP contribution is 2.43. The smallest absolute Gasteiger partial charge is 0.349 e. The maximum absolute atomic E-state index is 11.8. The monoisotopic (exact) mass is 420 g/mol. The second kappa shape index (κ2) is 8.47. The van der Waals surface area contributed by atoms with E-state index >= 15 is 0 Å². The van der Waals surface area contributed by atoms with Crippen LogP contribution in [0.2, 0.25) is 0 Å². The SMILES string of the molecule is COc1cc2sc(C(=O)O)c(OCc3ccc(-c4ccccc4)cc3)c2cc1OC. The van der Waals surface area contributed by atoms with Crippen LogP contribution in [-0.4, -0.2) is 25.3 Å². The van der Waals surface area contributed by atoms with Gasteiger partial charge >= 0.3 is 5.97 Å². The van der Waals surface area contributed by atoms with E-state index < -0.39 is 5.97 Å². The second-order valence-corrected chi connectivity index (χ2v) is 7.67. The molecule has 0 aliphatic carbocycles. The van der Waals surface area contributed by atoms with Crippen LogP contribution in [0.5, 0.6) is 17.2 Å². The van der Waals surface area contributed by atoms with Gasteiger partial charge in [0, 0.05) is 16.2 Å². The maximum atomic E-state index is 11.8. The van der Waals surface area contributed by atoms with Crippen LogP contribution in [0.15, 0.2) is 66.7 Å². The molecular formula is C24H20O5S. The standard InChI is InChI=1S/C24H20O5S/c1-27-19-12-18-21(13-20(19)28-2)30-23(24(25)26)22(18)29-14-15-8-10-17(11-9-15)16-6-4-3-5-7-16/h3-13H,14H2,1-2H3,(H,25,26). The third-order valence-corrected chi connectivity index (χ3v) is 5.91. The van der Waals surface area contributed by atoms with Gasteiger partial charge in [-0.15, -0.1) is 11.3 Å². The van der Waals surface area contributed by atoms with Crippen LogP contribution in [-0.2, 0) is 6.61 Å². The zero-order chi connectivity index (χ0) is 21.1. The van der Waals surface area contributed by atoms with E-state index in [0.29, 0.717) is 22.6 Å². The van der Waals surface area contributed by atoms with Crippen molar-refractivity contribution in [3.63, 3.8) is 0 Å². The largest absolute Gasteiger partial charge is 0.493 e. The summed E-state index contributed by atoms with van der Waals surface area (Å²) < 4.78 is 17.4. The third-order valence-electron chi connectivity index (χ3n) is 4.79. The van der Waals surface area contributed by atoms with Crippen LogP contribution in [0.3, 0.4) is 0 Å². The molecule has 0 radical (unpaired) electrons. The number of aromatic carboxylic acids is 1. The Hall–Kier alpha value is -3.51. The predicted molar refractivity (Wildman–Crippen MR) is 118 cm³/mol. The van der Waals surface area contributed by atoms with Crippen molar-refractivity contribution < 1.29 is 24.1 Å². The number of ether oxygens (including phenoxy) is 3. The molecule has 0 saturated carbocycles. The fourth-order valence-corrected chi connectivity index (χ4v) is 4.26. The fourth-order valence-electron chi connectivity index (χ4n) is 3.26. The molecule has 1 N–H and O–H groups in total. The first-order valence-corrected chi connectivity index (χ1v) is 10.1. The van der Waals surface area contributed by atoms with E-state index in [1.165, 1.54) is 0 Å². The Labute approximate surface area is 178 Å². The second-order valence-electron chi connectivity index (χ2n) is 6.62. The zero-order valence-corrected chi connectivity index (χ0v) is 17.4. The van der Waals surface area contributed by atoms with Gasteiger partial charge < -0.3 is 19.3 Å². The Morgan fingerprint density at radius 3 is 2.17 bits per heavy atom.